The summed E-state index contributed by atoms with van der Waals surface area (Å²) in [6.45, 7) is 0. The van der Waals surface area contributed by atoms with Gasteiger partial charge in [-0.05, 0) is 35.9 Å². The molecule has 0 N–H and O–H groups in total. The average Bonchev–Trinajstić information content (AvgIpc) is 2.46. The van der Waals surface area contributed by atoms with Gasteiger partial charge in [0.05, 0.1) is 12.7 Å². The number of carbonyl (C=O) groups is 1. The summed E-state index contributed by atoms with van der Waals surface area (Å²) in [5, 5.41) is 0.215. The van der Waals surface area contributed by atoms with Crippen molar-refractivity contribution >= 4 is 23.5 Å². The van der Waals surface area contributed by atoms with Gasteiger partial charge in [-0.1, -0.05) is 29.8 Å². The topological polar surface area (TPSA) is 39.2 Å². The second kappa shape index (κ2) is 6.16. The molecule has 0 saturated carbocycles. The summed E-state index contributed by atoms with van der Waals surface area (Å²) in [4.78, 5) is 15.8. The summed E-state index contributed by atoms with van der Waals surface area (Å²) in [7, 11) is 1.61. The molecule has 4 heteroatoms. The van der Waals surface area contributed by atoms with Crippen LogP contribution in [0.4, 0.5) is 0 Å². The van der Waals surface area contributed by atoms with Gasteiger partial charge in [-0.15, -0.1) is 0 Å². The van der Waals surface area contributed by atoms with Crippen LogP contribution in [-0.2, 0) is 0 Å². The number of methoxy groups -OCH3 is 1. The van der Waals surface area contributed by atoms with Gasteiger partial charge in [0.2, 0.25) is 0 Å². The van der Waals surface area contributed by atoms with E-state index < -0.39 is 0 Å². The third-order valence-corrected chi connectivity index (χ3v) is 2.87. The molecule has 19 heavy (non-hydrogen) atoms. The summed E-state index contributed by atoms with van der Waals surface area (Å²) < 4.78 is 5.06. The van der Waals surface area contributed by atoms with Crippen molar-refractivity contribution < 1.29 is 9.53 Å². The highest BCUT2D eigenvalue weighted by atomic mass is 35.5. The van der Waals surface area contributed by atoms with Crippen molar-refractivity contribution in [2.75, 3.05) is 7.11 Å². The molecule has 2 rings (SSSR count). The number of benzene rings is 1. The third-order valence-electron chi connectivity index (χ3n) is 2.57. The molecule has 3 nitrogen and oxygen atoms in total. The number of hydrogen-bond donors (Lipinski definition) is 0. The number of pyridine rings is 1. The maximum Gasteiger partial charge on any atom is 0.188 e. The minimum atomic E-state index is -0.172. The Kier molecular flexibility index (Phi) is 4.31. The molecule has 0 amide bonds. The van der Waals surface area contributed by atoms with Crippen LogP contribution < -0.4 is 4.74 Å². The predicted octanol–water partition coefficient (Wildman–Crippen LogP) is 3.64. The summed E-state index contributed by atoms with van der Waals surface area (Å²) in [5.74, 6) is 0.604. The molecule has 1 aromatic carbocycles. The fourth-order valence-electron chi connectivity index (χ4n) is 1.55. The molecule has 0 saturated heterocycles. The molecule has 0 aliphatic rings. The summed E-state index contributed by atoms with van der Waals surface area (Å²) in [6.07, 6.45) is 4.75. The van der Waals surface area contributed by atoms with Crippen molar-refractivity contribution in [2.24, 2.45) is 0 Å². The van der Waals surface area contributed by atoms with Crippen LogP contribution in [0.15, 0.2) is 48.7 Å². The molecule has 96 valence electrons. The van der Waals surface area contributed by atoms with E-state index in [-0.39, 0.29) is 10.9 Å². The molecule has 0 aliphatic carbocycles. The number of aromatic nitrogens is 1. The second-order valence-corrected chi connectivity index (χ2v) is 4.17. The molecule has 0 radical (unpaired) electrons. The number of halogens is 1. The fourth-order valence-corrected chi connectivity index (χ4v) is 1.76. The number of ketones is 1. The van der Waals surface area contributed by atoms with E-state index in [4.69, 9.17) is 16.3 Å². The lowest BCUT2D eigenvalue weighted by Crippen LogP contribution is -1.96. The molecule has 0 atom stereocenters. The fraction of sp³-hybridized carbons (Fsp3) is 0.0667. The van der Waals surface area contributed by atoms with Gasteiger partial charge in [-0.2, -0.15) is 0 Å². The van der Waals surface area contributed by atoms with Gasteiger partial charge >= 0.3 is 0 Å². The van der Waals surface area contributed by atoms with E-state index in [9.17, 15) is 4.79 Å². The van der Waals surface area contributed by atoms with Gasteiger partial charge < -0.3 is 4.74 Å². The number of rotatable bonds is 4. The second-order valence-electron chi connectivity index (χ2n) is 3.81. The van der Waals surface area contributed by atoms with Crippen molar-refractivity contribution in [2.45, 2.75) is 0 Å². The molecule has 1 aromatic heterocycles. The van der Waals surface area contributed by atoms with E-state index in [1.165, 1.54) is 6.08 Å². The van der Waals surface area contributed by atoms with Crippen LogP contribution in [0.5, 0.6) is 5.75 Å². The first-order valence-electron chi connectivity index (χ1n) is 5.67. The Morgan fingerprint density at radius 3 is 2.63 bits per heavy atom. The van der Waals surface area contributed by atoms with E-state index in [0.29, 0.717) is 5.56 Å². The third kappa shape index (κ3) is 3.42. The zero-order chi connectivity index (χ0) is 13.7. The van der Waals surface area contributed by atoms with E-state index >= 15 is 0 Å². The molecule has 0 bridgehead atoms. The van der Waals surface area contributed by atoms with Gasteiger partial charge in [-0.25, -0.2) is 4.98 Å². The number of ether oxygens (including phenoxy) is 1. The highest BCUT2D eigenvalue weighted by Crippen LogP contribution is 2.15. The maximum absolute atomic E-state index is 11.9. The first-order chi connectivity index (χ1) is 9.20. The van der Waals surface area contributed by atoms with Crippen molar-refractivity contribution in [1.82, 2.24) is 4.98 Å². The minimum absolute atomic E-state index is 0.172. The molecule has 1 heterocycles. The van der Waals surface area contributed by atoms with Crippen molar-refractivity contribution in [3.05, 3.63) is 65.0 Å². The zero-order valence-electron chi connectivity index (χ0n) is 10.3. The molecule has 2 aromatic rings. The van der Waals surface area contributed by atoms with Crippen LogP contribution >= 0.6 is 11.6 Å². The Bertz CT molecular complexity index is 606. The smallest absolute Gasteiger partial charge is 0.188 e. The van der Waals surface area contributed by atoms with Crippen LogP contribution in [0, 0.1) is 0 Å². The first kappa shape index (κ1) is 13.3. The van der Waals surface area contributed by atoms with Gasteiger partial charge in [0.1, 0.15) is 10.9 Å². The van der Waals surface area contributed by atoms with E-state index in [0.717, 1.165) is 11.3 Å². The van der Waals surface area contributed by atoms with Gasteiger partial charge in [-0.3, -0.25) is 4.79 Å². The largest absolute Gasteiger partial charge is 0.497 e. The van der Waals surface area contributed by atoms with E-state index in [2.05, 4.69) is 4.98 Å². The zero-order valence-corrected chi connectivity index (χ0v) is 11.1. The number of nitrogens with zero attached hydrogens (tertiary/aromatic N) is 1. The first-order valence-corrected chi connectivity index (χ1v) is 6.05. The number of hydrogen-bond acceptors (Lipinski definition) is 3. The van der Waals surface area contributed by atoms with Crippen molar-refractivity contribution in [1.29, 1.82) is 0 Å². The molecular formula is C15H12ClNO2. The van der Waals surface area contributed by atoms with Crippen LogP contribution in [0.25, 0.3) is 6.08 Å². The Labute approximate surface area is 116 Å². The van der Waals surface area contributed by atoms with Crippen LogP contribution in [0.3, 0.4) is 0 Å². The lowest BCUT2D eigenvalue weighted by Gasteiger charge is -1.99. The maximum atomic E-state index is 11.9. The molecule has 0 fully saturated rings. The monoisotopic (exact) mass is 273 g/mol. The average molecular weight is 274 g/mol. The van der Waals surface area contributed by atoms with Gasteiger partial charge in [0.25, 0.3) is 0 Å². The Balaban J connectivity index is 2.14. The van der Waals surface area contributed by atoms with Crippen molar-refractivity contribution in [3.8, 4) is 5.75 Å². The lowest BCUT2D eigenvalue weighted by molar-refractivity contribution is 0.104. The SMILES string of the molecule is COc1ccc(/C=C/C(=O)c2cccnc2Cl)cc1. The normalized spacial score (nSPS) is 10.6. The van der Waals surface area contributed by atoms with Gasteiger partial charge in [0.15, 0.2) is 5.78 Å². The molecule has 0 aliphatic heterocycles. The molecule has 0 spiro atoms. The van der Waals surface area contributed by atoms with Crippen molar-refractivity contribution in [3.63, 3.8) is 0 Å². The summed E-state index contributed by atoms with van der Waals surface area (Å²) >= 11 is 5.86. The Morgan fingerprint density at radius 2 is 2.00 bits per heavy atom. The molecule has 0 unspecified atom stereocenters. The Hall–Kier alpha value is -2.13. The van der Waals surface area contributed by atoms with E-state index in [1.54, 1.807) is 31.5 Å². The lowest BCUT2D eigenvalue weighted by atomic mass is 10.1. The van der Waals surface area contributed by atoms with Crippen LogP contribution in [-0.4, -0.2) is 17.9 Å². The van der Waals surface area contributed by atoms with Crippen LogP contribution in [0.1, 0.15) is 15.9 Å². The highest BCUT2D eigenvalue weighted by molar-refractivity contribution is 6.33. The van der Waals surface area contributed by atoms with Gasteiger partial charge in [0, 0.05) is 6.20 Å². The van der Waals surface area contributed by atoms with E-state index in [1.807, 2.05) is 24.3 Å². The summed E-state index contributed by atoms with van der Waals surface area (Å²) in [6, 6.07) is 10.7. The quantitative estimate of drug-likeness (QED) is 0.485. The predicted molar refractivity (Wildman–Crippen MR) is 75.6 cm³/mol. The Morgan fingerprint density at radius 1 is 1.26 bits per heavy atom. The van der Waals surface area contributed by atoms with Crippen LogP contribution in [0.2, 0.25) is 5.15 Å². The number of carbonyl (C=O) groups excluding carboxylic acids is 1. The summed E-state index contributed by atoms with van der Waals surface area (Å²) in [5.41, 5.74) is 1.31. The molecular weight excluding hydrogens is 262 g/mol. The standard InChI is InChI=1S/C15H12ClNO2/c1-19-12-7-4-11(5-8-12)6-9-14(18)13-3-2-10-17-15(13)16/h2-10H,1H3/b9-6+. The minimum Gasteiger partial charge on any atom is -0.497 e. The highest BCUT2D eigenvalue weighted by Gasteiger charge is 2.06. The number of allylic oxidation sites excluding steroid dienone is 1.